The third-order valence-electron chi connectivity index (χ3n) is 2.57. The molecular formula is C12H14N2O2. The van der Waals surface area contributed by atoms with Gasteiger partial charge in [0.2, 0.25) is 0 Å². The van der Waals surface area contributed by atoms with E-state index >= 15 is 0 Å². The summed E-state index contributed by atoms with van der Waals surface area (Å²) in [5.74, 6) is -0.270. The summed E-state index contributed by atoms with van der Waals surface area (Å²) in [5, 5.41) is 3.84. The maximum atomic E-state index is 11.8. The summed E-state index contributed by atoms with van der Waals surface area (Å²) >= 11 is 0. The van der Waals surface area contributed by atoms with Crippen molar-refractivity contribution in [2.24, 2.45) is 5.10 Å². The molecule has 4 nitrogen and oxygen atoms in total. The second kappa shape index (κ2) is 4.35. The van der Waals surface area contributed by atoms with Crippen LogP contribution in [-0.2, 0) is 16.1 Å². The van der Waals surface area contributed by atoms with Gasteiger partial charge in [-0.3, -0.25) is 5.43 Å². The summed E-state index contributed by atoms with van der Waals surface area (Å²) in [4.78, 5) is 11.8. The number of hydrazone groups is 1. The van der Waals surface area contributed by atoms with Crippen molar-refractivity contribution in [1.82, 2.24) is 5.43 Å². The van der Waals surface area contributed by atoms with Crippen molar-refractivity contribution in [1.29, 1.82) is 0 Å². The Hall–Kier alpha value is -1.84. The molecule has 0 fully saturated rings. The van der Waals surface area contributed by atoms with Gasteiger partial charge < -0.3 is 4.74 Å². The second-order valence-electron chi connectivity index (χ2n) is 4.02. The molecule has 1 aliphatic rings. The van der Waals surface area contributed by atoms with Crippen LogP contribution in [0.4, 0.5) is 0 Å². The molecule has 84 valence electrons. The molecule has 0 bridgehead atoms. The van der Waals surface area contributed by atoms with E-state index in [0.29, 0.717) is 13.0 Å². The molecule has 1 atom stereocenters. The molecule has 1 aromatic rings. The highest BCUT2D eigenvalue weighted by molar-refractivity contribution is 5.85. The van der Waals surface area contributed by atoms with E-state index in [2.05, 4.69) is 10.5 Å². The predicted octanol–water partition coefficient (Wildman–Crippen LogP) is 1.47. The zero-order chi connectivity index (χ0) is 11.4. The largest absolute Gasteiger partial charge is 0.459 e. The number of esters is 1. The van der Waals surface area contributed by atoms with Gasteiger partial charge in [0.15, 0.2) is 5.54 Å². The lowest BCUT2D eigenvalue weighted by Gasteiger charge is -2.20. The Morgan fingerprint density at radius 1 is 1.50 bits per heavy atom. The van der Waals surface area contributed by atoms with Gasteiger partial charge in [-0.2, -0.15) is 5.10 Å². The Kier molecular flexibility index (Phi) is 2.90. The Morgan fingerprint density at radius 2 is 2.25 bits per heavy atom. The first-order valence-electron chi connectivity index (χ1n) is 5.20. The van der Waals surface area contributed by atoms with Crippen molar-refractivity contribution in [2.75, 3.05) is 0 Å². The fraction of sp³-hybridized carbons (Fsp3) is 0.333. The molecule has 1 unspecified atom stereocenters. The highest BCUT2D eigenvalue weighted by Gasteiger charge is 2.36. The zero-order valence-corrected chi connectivity index (χ0v) is 9.14. The topological polar surface area (TPSA) is 50.7 Å². The van der Waals surface area contributed by atoms with E-state index in [1.807, 2.05) is 30.3 Å². The molecule has 0 amide bonds. The van der Waals surface area contributed by atoms with Crippen molar-refractivity contribution in [2.45, 2.75) is 25.5 Å². The monoisotopic (exact) mass is 218 g/mol. The van der Waals surface area contributed by atoms with Crippen LogP contribution < -0.4 is 5.43 Å². The summed E-state index contributed by atoms with van der Waals surface area (Å²) in [7, 11) is 0. The van der Waals surface area contributed by atoms with E-state index in [1.54, 1.807) is 13.1 Å². The molecule has 1 heterocycles. The minimum absolute atomic E-state index is 0.270. The Morgan fingerprint density at radius 3 is 2.88 bits per heavy atom. The van der Waals surface area contributed by atoms with Gasteiger partial charge in [-0.1, -0.05) is 30.3 Å². The Bertz CT molecular complexity index is 393. The number of ether oxygens (including phenoxy) is 1. The van der Waals surface area contributed by atoms with Crippen molar-refractivity contribution in [3.8, 4) is 0 Å². The van der Waals surface area contributed by atoms with E-state index in [1.165, 1.54) is 0 Å². The molecule has 1 aromatic carbocycles. The molecule has 0 aliphatic carbocycles. The number of carbonyl (C=O) groups excluding carboxylic acids is 1. The van der Waals surface area contributed by atoms with Gasteiger partial charge in [-0.05, 0) is 12.5 Å². The van der Waals surface area contributed by atoms with E-state index in [4.69, 9.17) is 4.74 Å². The predicted molar refractivity (Wildman–Crippen MR) is 60.9 cm³/mol. The number of nitrogens with one attached hydrogen (secondary N) is 1. The van der Waals surface area contributed by atoms with Crippen LogP contribution >= 0.6 is 0 Å². The maximum absolute atomic E-state index is 11.8. The van der Waals surface area contributed by atoms with E-state index in [9.17, 15) is 4.79 Å². The first kappa shape index (κ1) is 10.7. The third kappa shape index (κ3) is 2.21. The summed E-state index contributed by atoms with van der Waals surface area (Å²) in [6.07, 6.45) is 2.25. The lowest BCUT2D eigenvalue weighted by atomic mass is 10.0. The highest BCUT2D eigenvalue weighted by Crippen LogP contribution is 2.15. The summed E-state index contributed by atoms with van der Waals surface area (Å²) < 4.78 is 5.23. The molecule has 1 aliphatic heterocycles. The molecule has 4 heteroatoms. The van der Waals surface area contributed by atoms with Gasteiger partial charge in [0.05, 0.1) is 0 Å². The van der Waals surface area contributed by atoms with Gasteiger partial charge in [-0.15, -0.1) is 0 Å². The lowest BCUT2D eigenvalue weighted by molar-refractivity contribution is -0.151. The van der Waals surface area contributed by atoms with Crippen LogP contribution in [0.2, 0.25) is 0 Å². The third-order valence-corrected chi connectivity index (χ3v) is 2.57. The van der Waals surface area contributed by atoms with Gasteiger partial charge in [0, 0.05) is 12.6 Å². The SMILES string of the molecule is CC1(C(=O)OCc2ccccc2)CC=NN1. The zero-order valence-electron chi connectivity index (χ0n) is 9.14. The van der Waals surface area contributed by atoms with Crippen LogP contribution in [0.5, 0.6) is 0 Å². The highest BCUT2D eigenvalue weighted by atomic mass is 16.5. The van der Waals surface area contributed by atoms with Crippen LogP contribution in [0.15, 0.2) is 35.4 Å². The number of hydrogen-bond donors (Lipinski definition) is 1. The van der Waals surface area contributed by atoms with Crippen molar-refractivity contribution in [3.63, 3.8) is 0 Å². The molecular weight excluding hydrogens is 204 g/mol. The summed E-state index contributed by atoms with van der Waals surface area (Å²) in [6.45, 7) is 2.09. The van der Waals surface area contributed by atoms with E-state index in [0.717, 1.165) is 5.56 Å². The second-order valence-corrected chi connectivity index (χ2v) is 4.02. The number of benzene rings is 1. The molecule has 0 spiro atoms. The average molecular weight is 218 g/mol. The quantitative estimate of drug-likeness (QED) is 0.781. The number of rotatable bonds is 3. The molecule has 0 saturated carbocycles. The molecule has 0 radical (unpaired) electrons. The van der Waals surface area contributed by atoms with E-state index < -0.39 is 5.54 Å². The molecule has 0 aromatic heterocycles. The number of carbonyl (C=O) groups is 1. The Labute approximate surface area is 94.3 Å². The van der Waals surface area contributed by atoms with Gasteiger partial charge in [0.1, 0.15) is 6.61 Å². The standard InChI is InChI=1S/C12H14N2O2/c1-12(7-8-13-14-12)11(15)16-9-10-5-3-2-4-6-10/h2-6,8,14H,7,9H2,1H3. The van der Waals surface area contributed by atoms with Crippen LogP contribution in [0.1, 0.15) is 18.9 Å². The summed E-state index contributed by atoms with van der Waals surface area (Å²) in [5.41, 5.74) is 3.05. The minimum atomic E-state index is -0.700. The first-order chi connectivity index (χ1) is 7.71. The molecule has 0 saturated heterocycles. The lowest BCUT2D eigenvalue weighted by Crippen LogP contribution is -2.45. The Balaban J connectivity index is 1.89. The molecule has 16 heavy (non-hydrogen) atoms. The van der Waals surface area contributed by atoms with Crippen LogP contribution in [-0.4, -0.2) is 17.7 Å². The smallest absolute Gasteiger partial charge is 0.333 e. The van der Waals surface area contributed by atoms with Gasteiger partial charge >= 0.3 is 5.97 Å². The van der Waals surface area contributed by atoms with E-state index in [-0.39, 0.29) is 5.97 Å². The van der Waals surface area contributed by atoms with Gasteiger partial charge in [0.25, 0.3) is 0 Å². The van der Waals surface area contributed by atoms with Crippen molar-refractivity contribution < 1.29 is 9.53 Å². The van der Waals surface area contributed by atoms with Gasteiger partial charge in [-0.25, -0.2) is 4.79 Å². The molecule has 1 N–H and O–H groups in total. The van der Waals surface area contributed by atoms with Crippen LogP contribution in [0.25, 0.3) is 0 Å². The fourth-order valence-electron chi connectivity index (χ4n) is 1.47. The average Bonchev–Trinajstić information content (AvgIpc) is 2.76. The fourth-order valence-corrected chi connectivity index (χ4v) is 1.47. The maximum Gasteiger partial charge on any atom is 0.333 e. The number of nitrogens with zero attached hydrogens (tertiary/aromatic N) is 1. The normalized spacial score (nSPS) is 22.8. The first-order valence-corrected chi connectivity index (χ1v) is 5.20. The minimum Gasteiger partial charge on any atom is -0.459 e. The van der Waals surface area contributed by atoms with Crippen LogP contribution in [0, 0.1) is 0 Å². The van der Waals surface area contributed by atoms with Crippen molar-refractivity contribution >= 4 is 12.2 Å². The molecule has 2 rings (SSSR count). The van der Waals surface area contributed by atoms with Crippen LogP contribution in [0.3, 0.4) is 0 Å². The summed E-state index contributed by atoms with van der Waals surface area (Å²) in [6, 6.07) is 9.62. The number of hydrogen-bond acceptors (Lipinski definition) is 4. The van der Waals surface area contributed by atoms with Crippen molar-refractivity contribution in [3.05, 3.63) is 35.9 Å².